The van der Waals surface area contributed by atoms with Crippen LogP contribution in [0.2, 0.25) is 0 Å². The molecule has 0 amide bonds. The van der Waals surface area contributed by atoms with Gasteiger partial charge >= 0.3 is 17.9 Å². The highest BCUT2D eigenvalue weighted by Crippen LogP contribution is 2.74. The van der Waals surface area contributed by atoms with E-state index in [-0.39, 0.29) is 67.5 Å². The number of aromatic nitrogens is 2. The van der Waals surface area contributed by atoms with Crippen LogP contribution < -0.4 is 15.6 Å². The van der Waals surface area contributed by atoms with E-state index < -0.39 is 182 Å². The summed E-state index contributed by atoms with van der Waals surface area (Å²) in [5.41, 5.74) is -7.26. The molecule has 0 radical (unpaired) electrons. The predicted molar refractivity (Wildman–Crippen MR) is 485 cm³/mol. The molecule has 0 saturated heterocycles. The van der Waals surface area contributed by atoms with Gasteiger partial charge in [-0.1, -0.05) is 150 Å². The molecule has 129 heavy (non-hydrogen) atoms. The second-order valence-corrected chi connectivity index (χ2v) is 40.7. The van der Waals surface area contributed by atoms with Gasteiger partial charge in [0.2, 0.25) is 23.9 Å². The van der Waals surface area contributed by atoms with Crippen LogP contribution in [-0.4, -0.2) is 186 Å². The number of fused-ring (bicyclic) bond motifs is 15. The molecular formula is C103H147ClF3N4O18+. The van der Waals surface area contributed by atoms with Gasteiger partial charge < -0.3 is 55.9 Å². The van der Waals surface area contributed by atoms with E-state index in [1.54, 1.807) is 78.2 Å². The van der Waals surface area contributed by atoms with Gasteiger partial charge in [-0.05, 0) is 256 Å². The first-order valence-electron chi connectivity index (χ1n) is 47.9. The fraction of sp³-hybridized carbons (Fsp3) is 0.699. The summed E-state index contributed by atoms with van der Waals surface area (Å²) in [5.74, 6) is -8.49. The summed E-state index contributed by atoms with van der Waals surface area (Å²) in [6, 6.07) is 8.20. The van der Waals surface area contributed by atoms with E-state index >= 15 is 13.2 Å². The molecule has 12 aliphatic rings. The summed E-state index contributed by atoms with van der Waals surface area (Å²) in [4.78, 5) is 116. The minimum atomic E-state index is -2.04. The van der Waals surface area contributed by atoms with E-state index in [1.165, 1.54) is 86.1 Å². The van der Waals surface area contributed by atoms with Crippen molar-refractivity contribution in [2.75, 3.05) is 45.3 Å². The highest BCUT2D eigenvalue weighted by atomic mass is 35.5. The molecule has 2 heterocycles. The maximum atomic E-state index is 17.3. The minimum absolute atomic E-state index is 0.00491. The zero-order chi connectivity index (χ0) is 95.0. The number of nitrogens with zero attached hydrogens (tertiary/aromatic N) is 2. The Bertz CT molecular complexity index is 4550. The van der Waals surface area contributed by atoms with Gasteiger partial charge in [0.1, 0.15) is 22.7 Å². The van der Waals surface area contributed by atoms with E-state index in [0.29, 0.717) is 87.0 Å². The molecule has 9 saturated carbocycles. The average molecular weight is 1820 g/mol. The number of hydrogen-bond acceptors (Lipinski definition) is 21. The number of carbonyl (C=O) groups is 9. The normalized spacial score (nSPS) is 37.4. The number of aliphatic hydroxyl groups is 6. The Hall–Kier alpha value is -7.07. The summed E-state index contributed by atoms with van der Waals surface area (Å²) in [7, 11) is 0. The molecule has 2 aromatic heterocycles. The number of ketones is 6. The van der Waals surface area contributed by atoms with E-state index in [9.17, 15) is 73.8 Å². The number of Topliss-reactive ketones (excluding diaryl/α,β-unsaturated/α-hetero) is 3. The van der Waals surface area contributed by atoms with Crippen LogP contribution in [0.3, 0.4) is 0 Å². The molecule has 12 aliphatic carbocycles. The first-order valence-corrected chi connectivity index (χ1v) is 48.5. The zero-order valence-electron chi connectivity index (χ0n) is 78.7. The molecule has 22 nitrogen and oxygen atoms in total. The van der Waals surface area contributed by atoms with Crippen molar-refractivity contribution in [3.05, 3.63) is 132 Å². The third-order valence-electron chi connectivity index (χ3n) is 33.9. The molecule has 24 atom stereocenters. The van der Waals surface area contributed by atoms with Crippen LogP contribution in [0.1, 0.15) is 274 Å². The number of esters is 3. The molecule has 14 rings (SSSR count). The van der Waals surface area contributed by atoms with Crippen molar-refractivity contribution in [3.63, 3.8) is 0 Å². The summed E-state index contributed by atoms with van der Waals surface area (Å²) in [6.07, 6.45) is 34.2. The van der Waals surface area contributed by atoms with Crippen LogP contribution in [0.4, 0.5) is 13.2 Å². The van der Waals surface area contributed by atoms with Gasteiger partial charge in [0.05, 0.1) is 24.9 Å². The lowest BCUT2D eigenvalue weighted by Gasteiger charge is -2.62. The Morgan fingerprint density at radius 2 is 0.915 bits per heavy atom. The van der Waals surface area contributed by atoms with Crippen molar-refractivity contribution < 1.29 is 106 Å². The Balaban J connectivity index is 0.000000184. The minimum Gasteiger partial charge on any atom is -0.457 e. The number of unbranched alkanes of at least 4 members (excludes halogenated alkanes) is 6. The van der Waals surface area contributed by atoms with Crippen LogP contribution in [0, 0.1) is 86.3 Å². The smallest absolute Gasteiger partial charge is 0.373 e. The number of nitrogens with two attached hydrogens (primary N) is 1. The summed E-state index contributed by atoms with van der Waals surface area (Å²) < 4.78 is 68.6. The lowest BCUT2D eigenvalue weighted by molar-refractivity contribution is -0.686. The van der Waals surface area contributed by atoms with Crippen molar-refractivity contribution in [2.24, 2.45) is 92.0 Å². The van der Waals surface area contributed by atoms with Gasteiger partial charge in [-0.15, -0.1) is 11.6 Å². The lowest BCUT2D eigenvalue weighted by Crippen LogP contribution is -2.69. The predicted octanol–water partition coefficient (Wildman–Crippen LogP) is 14.8. The number of ether oxygens (including phenoxy) is 3. The molecule has 1 unspecified atom stereocenters. The number of pyridine rings is 2. The number of alkyl halides is 4. The number of rotatable bonds is 29. The Morgan fingerprint density at radius 3 is 1.34 bits per heavy atom. The number of carbonyl (C=O) groups excluding carboxylic acids is 9. The van der Waals surface area contributed by atoms with Gasteiger partial charge in [-0.25, -0.2) is 18.0 Å². The van der Waals surface area contributed by atoms with Crippen LogP contribution >= 0.6 is 11.6 Å². The third-order valence-corrected chi connectivity index (χ3v) is 34.1. The average Bonchev–Trinajstić information content (AvgIpc) is 1.60. The largest absolute Gasteiger partial charge is 0.457 e. The standard InChI is InChI=1S/C34H45FNO6.C29H42FNO6.C24H30ClFO6.C10H15N.C6H15N/c1-6-22(7-2)23-11-14-36(15-12-23)19-30(40)42-20-29(39)34(41)21(3)16-27-26-9-8-24-17-25(37)10-13-31(24,4)33(26,35)28(38)18-32(27,34)5;1-4-5-6-7-12-31-16-26(35)37-17-25(34)28(36)18(2)13-21-22-9-8-19-14-20(32)10-11-27(19,3)29(22,30)24(33)15-23(21)28;1-13-8-17-16-5-4-14-9-15(27)6-7-21(14,2)23(16,26)18(28)10-22(17,3)24(13,31)19(29)12-32-20(30)11-25;1-3-9(4-2)10-5-7-11-8-6-10;1-2-3-4-5-6-7/h10-15,17,21-22,26-28,38,41H,6-9,16,18-20H2,1-5H3;10-11,14,18,21-24,31,33,36H,4-9,12-13,15-17H2,1-3H3;6-7,9,13,16-18,28,31H,4-5,8,10-12H2,1-3H3;5-9H,3-4H2,1-2H3;2-7H2,1H3/q+1;;;;/t21-,26+,27+,28+,31+,32+,33+,34+;18-,21+,22+,23?,24+,27+,28-,29+;13-,16+,17+,18+,21+,22+,23+,24+;;/m111../s1. The summed E-state index contributed by atoms with van der Waals surface area (Å²) in [5, 5.41) is 72.5. The van der Waals surface area contributed by atoms with Crippen LogP contribution in [0.25, 0.3) is 0 Å². The van der Waals surface area contributed by atoms with Gasteiger partial charge in [0.25, 0.3) is 0 Å². The molecule has 2 aromatic rings. The van der Waals surface area contributed by atoms with E-state index in [4.69, 9.17) is 31.5 Å². The first kappa shape index (κ1) is 104. The second-order valence-electron chi connectivity index (χ2n) is 40.4. The maximum absolute atomic E-state index is 17.3. The monoisotopic (exact) mass is 1820 g/mol. The van der Waals surface area contributed by atoms with Crippen molar-refractivity contribution in [1.29, 1.82) is 0 Å². The Kier molecular flexibility index (Phi) is 34.1. The van der Waals surface area contributed by atoms with E-state index in [2.05, 4.69) is 64.0 Å². The molecule has 26 heteroatoms. The van der Waals surface area contributed by atoms with E-state index in [1.807, 2.05) is 36.9 Å². The SMILES string of the molecule is CCC(CC)c1cc[n+](CC(=O)OCC(=O)[C@@]2(O)[C@H](C)C[C@H]3[C@@H]4CCC5=CC(=O)C=C[C@]5(C)[C@@]4(F)[C@@H](O)C[C@@]32C)cc1.CCC(CC)c1ccncc1.CCCCCCN.CCCCCCNCC(=O)OCC(=O)[C@]1(O)C2C[C@H](O)[C@@]3(F)[C@@H](CCC4=CC(=O)C=C[C@@]43C)[C@@H]2C[C@H]1C.C[C@@H]1C[C@H]2[C@@H]3CCC4=CC(=O)C=C[C@]4(C)[C@@]3(F)[C@@H](O)C[C@]2(C)[C@@]1(O)C(=O)COC(=O)CCl. The van der Waals surface area contributed by atoms with Gasteiger partial charge in [-0.3, -0.25) is 43.3 Å². The molecule has 0 aromatic carbocycles. The van der Waals surface area contributed by atoms with Crippen LogP contribution in [0.5, 0.6) is 0 Å². The van der Waals surface area contributed by atoms with Crippen LogP contribution in [0.15, 0.2) is 120 Å². The Morgan fingerprint density at radius 1 is 0.512 bits per heavy atom. The number of halogens is 4. The first-order chi connectivity index (χ1) is 60.9. The molecule has 0 bridgehead atoms. The summed E-state index contributed by atoms with van der Waals surface area (Å²) in [6.45, 7) is 26.8. The third kappa shape index (κ3) is 19.0. The maximum Gasteiger partial charge on any atom is 0.373 e. The fourth-order valence-electron chi connectivity index (χ4n) is 26.4. The van der Waals surface area contributed by atoms with Crippen LogP contribution in [-0.2, 0) is 63.9 Å². The van der Waals surface area contributed by atoms with Crippen molar-refractivity contribution in [2.45, 2.75) is 322 Å². The van der Waals surface area contributed by atoms with Crippen molar-refractivity contribution in [3.8, 4) is 0 Å². The molecule has 9 N–H and O–H groups in total. The van der Waals surface area contributed by atoms with Gasteiger partial charge in [-0.2, -0.15) is 4.57 Å². The topological polar surface area (TPSA) is 358 Å². The molecular weight excluding hydrogens is 1670 g/mol. The molecule has 9 fully saturated rings. The Labute approximate surface area is 766 Å². The zero-order valence-corrected chi connectivity index (χ0v) is 79.4. The molecule has 0 spiro atoms. The van der Waals surface area contributed by atoms with Crippen molar-refractivity contribution in [1.82, 2.24) is 10.3 Å². The highest BCUT2D eigenvalue weighted by molar-refractivity contribution is 6.26. The molecule has 0 aliphatic heterocycles. The number of nitrogens with one attached hydrogen (secondary N) is 1. The number of allylic oxidation sites excluding steroid dienone is 12. The number of hydrogen-bond donors (Lipinski definition) is 8. The fourth-order valence-corrected chi connectivity index (χ4v) is 26.4. The second kappa shape index (κ2) is 42.2. The van der Waals surface area contributed by atoms with Gasteiger partial charge in [0, 0.05) is 75.3 Å². The number of aliphatic hydroxyl groups excluding tert-OH is 3. The highest BCUT2D eigenvalue weighted by Gasteiger charge is 2.79. The van der Waals surface area contributed by atoms with Gasteiger partial charge in [0.15, 0.2) is 66.6 Å². The molecule has 714 valence electrons. The van der Waals surface area contributed by atoms with E-state index in [0.717, 1.165) is 51.0 Å². The summed E-state index contributed by atoms with van der Waals surface area (Å²) >= 11 is 5.43. The van der Waals surface area contributed by atoms with Crippen molar-refractivity contribution >= 4 is 64.2 Å². The quantitative estimate of drug-likeness (QED) is 0.0123. The lowest BCUT2D eigenvalue weighted by atomic mass is 9.44.